The molecule has 0 aliphatic carbocycles. The molecule has 5 heteroatoms. The normalized spacial score (nSPS) is 14.6. The molecule has 0 saturated carbocycles. The smallest absolute Gasteiger partial charge is 0.212 e. The fourth-order valence-electron chi connectivity index (χ4n) is 1.25. The van der Waals surface area contributed by atoms with E-state index in [2.05, 4.69) is 0 Å². The number of halogens is 1. The van der Waals surface area contributed by atoms with Crippen molar-refractivity contribution in [3.8, 4) is 0 Å². The van der Waals surface area contributed by atoms with Gasteiger partial charge >= 0.3 is 0 Å². The molecule has 86 valence electrons. The Balaban J connectivity index is 4.41. The van der Waals surface area contributed by atoms with Crippen LogP contribution in [0, 0.1) is 5.92 Å². The van der Waals surface area contributed by atoms with Crippen LogP contribution in [0.1, 0.15) is 27.2 Å². The summed E-state index contributed by atoms with van der Waals surface area (Å²) in [6.07, 6.45) is 0.850. The number of rotatable bonds is 7. The minimum atomic E-state index is -3.10. The largest absolute Gasteiger partial charge is 0.214 e. The van der Waals surface area contributed by atoms with Crippen LogP contribution in [0.25, 0.3) is 0 Å². The van der Waals surface area contributed by atoms with Crippen molar-refractivity contribution in [1.82, 2.24) is 4.31 Å². The van der Waals surface area contributed by atoms with Crippen molar-refractivity contribution in [1.29, 1.82) is 0 Å². The lowest BCUT2D eigenvalue weighted by atomic mass is 10.3. The highest BCUT2D eigenvalue weighted by molar-refractivity contribution is 7.89. The SMILES string of the molecule is CCCN(CC)S(=O)(=O)CC(C)CCl. The van der Waals surface area contributed by atoms with Crippen LogP contribution in [0.15, 0.2) is 0 Å². The van der Waals surface area contributed by atoms with E-state index in [-0.39, 0.29) is 11.7 Å². The van der Waals surface area contributed by atoms with Crippen LogP contribution in [0.5, 0.6) is 0 Å². The first-order chi connectivity index (χ1) is 6.47. The van der Waals surface area contributed by atoms with Crippen molar-refractivity contribution in [2.24, 2.45) is 5.92 Å². The Morgan fingerprint density at radius 1 is 1.36 bits per heavy atom. The maximum absolute atomic E-state index is 11.8. The van der Waals surface area contributed by atoms with Crippen LogP contribution in [0.3, 0.4) is 0 Å². The average molecular weight is 242 g/mol. The molecule has 14 heavy (non-hydrogen) atoms. The second-order valence-electron chi connectivity index (χ2n) is 3.53. The molecule has 0 heterocycles. The topological polar surface area (TPSA) is 37.4 Å². The zero-order valence-corrected chi connectivity index (χ0v) is 10.7. The first kappa shape index (κ1) is 14.2. The van der Waals surface area contributed by atoms with E-state index in [1.165, 1.54) is 4.31 Å². The lowest BCUT2D eigenvalue weighted by Gasteiger charge is -2.21. The van der Waals surface area contributed by atoms with Crippen LogP contribution in [0.4, 0.5) is 0 Å². The number of hydrogen-bond acceptors (Lipinski definition) is 2. The van der Waals surface area contributed by atoms with Crippen molar-refractivity contribution >= 4 is 21.6 Å². The van der Waals surface area contributed by atoms with E-state index in [0.717, 1.165) is 6.42 Å². The minimum Gasteiger partial charge on any atom is -0.212 e. The van der Waals surface area contributed by atoms with E-state index in [1.54, 1.807) is 0 Å². The maximum Gasteiger partial charge on any atom is 0.214 e. The molecule has 3 nitrogen and oxygen atoms in total. The first-order valence-corrected chi connectivity index (χ1v) is 7.16. The van der Waals surface area contributed by atoms with E-state index in [4.69, 9.17) is 11.6 Å². The van der Waals surface area contributed by atoms with Crippen LogP contribution >= 0.6 is 11.6 Å². The third-order valence-corrected chi connectivity index (χ3v) is 4.72. The zero-order valence-electron chi connectivity index (χ0n) is 9.16. The highest BCUT2D eigenvalue weighted by Gasteiger charge is 2.21. The van der Waals surface area contributed by atoms with Crippen molar-refractivity contribution in [2.75, 3.05) is 24.7 Å². The van der Waals surface area contributed by atoms with Crippen molar-refractivity contribution in [3.63, 3.8) is 0 Å². The molecule has 0 aromatic carbocycles. The summed E-state index contributed by atoms with van der Waals surface area (Å²) in [5.41, 5.74) is 0. The van der Waals surface area contributed by atoms with Gasteiger partial charge in [-0.15, -0.1) is 11.6 Å². The van der Waals surface area contributed by atoms with Crippen molar-refractivity contribution < 1.29 is 8.42 Å². The monoisotopic (exact) mass is 241 g/mol. The molecule has 0 spiro atoms. The summed E-state index contributed by atoms with van der Waals surface area (Å²) in [5.74, 6) is 0.570. The van der Waals surface area contributed by atoms with E-state index < -0.39 is 10.0 Å². The average Bonchev–Trinajstić information content (AvgIpc) is 2.12. The molecule has 0 bridgehead atoms. The molecule has 0 aliphatic rings. The van der Waals surface area contributed by atoms with Crippen LogP contribution in [0.2, 0.25) is 0 Å². The van der Waals surface area contributed by atoms with E-state index in [1.807, 2.05) is 20.8 Å². The lowest BCUT2D eigenvalue weighted by Crippen LogP contribution is -2.35. The Hall–Kier alpha value is 0.200. The summed E-state index contributed by atoms with van der Waals surface area (Å²) < 4.78 is 25.1. The van der Waals surface area contributed by atoms with Gasteiger partial charge in [0.1, 0.15) is 0 Å². The summed E-state index contributed by atoms with van der Waals surface area (Å²) in [4.78, 5) is 0. The minimum absolute atomic E-state index is 0.0209. The molecule has 1 atom stereocenters. The molecule has 0 saturated heterocycles. The van der Waals surface area contributed by atoms with Gasteiger partial charge in [-0.2, -0.15) is 0 Å². The third kappa shape index (κ3) is 4.62. The molecule has 0 N–H and O–H groups in total. The van der Waals surface area contributed by atoms with E-state index in [9.17, 15) is 8.42 Å². The van der Waals surface area contributed by atoms with Gasteiger partial charge in [0.25, 0.3) is 0 Å². The van der Waals surface area contributed by atoms with E-state index >= 15 is 0 Å². The fourth-order valence-corrected chi connectivity index (χ4v) is 3.39. The molecular weight excluding hydrogens is 222 g/mol. The van der Waals surface area contributed by atoms with Gasteiger partial charge in [0.15, 0.2) is 0 Å². The first-order valence-electron chi connectivity index (χ1n) is 5.01. The maximum atomic E-state index is 11.8. The Morgan fingerprint density at radius 2 is 1.93 bits per heavy atom. The number of nitrogens with zero attached hydrogens (tertiary/aromatic N) is 1. The van der Waals surface area contributed by atoms with Crippen molar-refractivity contribution in [3.05, 3.63) is 0 Å². The molecule has 0 fully saturated rings. The summed E-state index contributed by atoms with van der Waals surface area (Å²) in [6.45, 7) is 6.84. The van der Waals surface area contributed by atoms with Gasteiger partial charge in [0, 0.05) is 19.0 Å². The second-order valence-corrected chi connectivity index (χ2v) is 5.85. The lowest BCUT2D eigenvalue weighted by molar-refractivity contribution is 0.422. The summed E-state index contributed by atoms with van der Waals surface area (Å²) in [6, 6.07) is 0. The Kier molecular flexibility index (Phi) is 6.74. The predicted octanol–water partition coefficient (Wildman–Crippen LogP) is 1.92. The Labute approximate surface area is 92.5 Å². The van der Waals surface area contributed by atoms with Gasteiger partial charge in [-0.3, -0.25) is 0 Å². The Bertz CT molecular complexity index is 241. The quantitative estimate of drug-likeness (QED) is 0.639. The molecular formula is C9H20ClNO2S. The van der Waals surface area contributed by atoms with Gasteiger partial charge in [-0.1, -0.05) is 20.8 Å². The summed E-state index contributed by atoms with van der Waals surface area (Å²) in [7, 11) is -3.10. The number of hydrogen-bond donors (Lipinski definition) is 0. The zero-order chi connectivity index (χ0) is 11.2. The predicted molar refractivity (Wildman–Crippen MR) is 61.2 cm³/mol. The van der Waals surface area contributed by atoms with E-state index in [0.29, 0.717) is 19.0 Å². The molecule has 0 rings (SSSR count). The molecule has 0 amide bonds. The number of alkyl halides is 1. The number of sulfonamides is 1. The molecule has 0 radical (unpaired) electrons. The summed E-state index contributed by atoms with van der Waals surface area (Å²) >= 11 is 5.60. The summed E-state index contributed by atoms with van der Waals surface area (Å²) in [5, 5.41) is 0. The van der Waals surface area contributed by atoms with Crippen LogP contribution < -0.4 is 0 Å². The highest BCUT2D eigenvalue weighted by Crippen LogP contribution is 2.09. The highest BCUT2D eigenvalue weighted by atomic mass is 35.5. The van der Waals surface area contributed by atoms with Gasteiger partial charge in [0.2, 0.25) is 10.0 Å². The molecule has 0 aliphatic heterocycles. The van der Waals surface area contributed by atoms with Gasteiger partial charge in [-0.25, -0.2) is 12.7 Å². The van der Waals surface area contributed by atoms with Gasteiger partial charge in [0.05, 0.1) is 5.75 Å². The molecule has 1 unspecified atom stereocenters. The standard InChI is InChI=1S/C9H20ClNO2S/c1-4-6-11(5-2)14(12,13)8-9(3)7-10/h9H,4-8H2,1-3H3. The van der Waals surface area contributed by atoms with Crippen LogP contribution in [-0.2, 0) is 10.0 Å². The molecule has 0 aromatic rings. The third-order valence-electron chi connectivity index (χ3n) is 1.98. The molecule has 0 aromatic heterocycles. The van der Waals surface area contributed by atoms with Gasteiger partial charge in [-0.05, 0) is 12.3 Å². The van der Waals surface area contributed by atoms with Crippen molar-refractivity contribution in [2.45, 2.75) is 27.2 Å². The van der Waals surface area contributed by atoms with Gasteiger partial charge < -0.3 is 0 Å². The Morgan fingerprint density at radius 3 is 2.29 bits per heavy atom. The fraction of sp³-hybridized carbons (Fsp3) is 1.00. The van der Waals surface area contributed by atoms with Crippen LogP contribution in [-0.4, -0.2) is 37.4 Å². The second kappa shape index (κ2) is 6.64.